The van der Waals surface area contributed by atoms with Crippen LogP contribution in [0, 0.1) is 0 Å². The maximum atomic E-state index is 12.2. The lowest BCUT2D eigenvalue weighted by Gasteiger charge is -1.96. The Balaban J connectivity index is 1.47. The van der Waals surface area contributed by atoms with Crippen LogP contribution in [0.1, 0.15) is 34.0 Å². The first kappa shape index (κ1) is 14.5. The Hall–Kier alpha value is -3.14. The van der Waals surface area contributed by atoms with Crippen molar-refractivity contribution in [3.8, 4) is 0 Å². The van der Waals surface area contributed by atoms with Crippen molar-refractivity contribution in [2.45, 2.75) is 12.8 Å². The molecule has 0 atom stereocenters. The van der Waals surface area contributed by atoms with Gasteiger partial charge in [-0.3, -0.25) is 9.59 Å². The molecule has 0 N–H and O–H groups in total. The van der Waals surface area contributed by atoms with Gasteiger partial charge in [0.15, 0.2) is 23.1 Å². The number of carbonyl (C=O) groups excluding carboxylic acids is 2. The number of rotatable bonds is 5. The SMILES string of the molecule is O=C(CCC(=O)c1cc2ccccc2o1)c1cc2ccccc2o1. The zero-order chi connectivity index (χ0) is 16.5. The molecule has 0 aliphatic rings. The van der Waals surface area contributed by atoms with Gasteiger partial charge < -0.3 is 8.83 Å². The fourth-order valence-electron chi connectivity index (χ4n) is 2.71. The summed E-state index contributed by atoms with van der Waals surface area (Å²) < 4.78 is 11.1. The third-order valence-electron chi connectivity index (χ3n) is 3.98. The maximum Gasteiger partial charge on any atom is 0.198 e. The van der Waals surface area contributed by atoms with Crippen LogP contribution in [0.3, 0.4) is 0 Å². The predicted octanol–water partition coefficient (Wildman–Crippen LogP) is 5.02. The molecule has 0 radical (unpaired) electrons. The van der Waals surface area contributed by atoms with Crippen molar-refractivity contribution in [3.63, 3.8) is 0 Å². The normalized spacial score (nSPS) is 11.2. The van der Waals surface area contributed by atoms with Crippen LogP contribution in [-0.2, 0) is 0 Å². The van der Waals surface area contributed by atoms with E-state index in [0.29, 0.717) is 11.2 Å². The van der Waals surface area contributed by atoms with Crippen molar-refractivity contribution in [1.82, 2.24) is 0 Å². The van der Waals surface area contributed by atoms with Crippen LogP contribution in [-0.4, -0.2) is 11.6 Å². The minimum absolute atomic E-state index is 0.0930. The van der Waals surface area contributed by atoms with E-state index in [1.807, 2.05) is 48.5 Å². The Labute approximate surface area is 137 Å². The van der Waals surface area contributed by atoms with E-state index in [0.717, 1.165) is 10.8 Å². The van der Waals surface area contributed by atoms with Crippen LogP contribution in [0.5, 0.6) is 0 Å². The number of hydrogen-bond donors (Lipinski definition) is 0. The lowest BCUT2D eigenvalue weighted by molar-refractivity contribution is 0.0892. The van der Waals surface area contributed by atoms with E-state index in [2.05, 4.69) is 0 Å². The van der Waals surface area contributed by atoms with Crippen molar-refractivity contribution < 1.29 is 18.4 Å². The van der Waals surface area contributed by atoms with Gasteiger partial charge in [0.05, 0.1) is 0 Å². The molecule has 0 aliphatic carbocycles. The van der Waals surface area contributed by atoms with E-state index < -0.39 is 0 Å². The summed E-state index contributed by atoms with van der Waals surface area (Å²) in [5, 5.41) is 1.76. The Morgan fingerprint density at radius 3 is 1.50 bits per heavy atom. The zero-order valence-corrected chi connectivity index (χ0v) is 12.8. The van der Waals surface area contributed by atoms with Gasteiger partial charge in [-0.1, -0.05) is 36.4 Å². The van der Waals surface area contributed by atoms with Gasteiger partial charge in [-0.2, -0.15) is 0 Å². The average Bonchev–Trinajstić information content (AvgIpc) is 3.23. The Kier molecular flexibility index (Phi) is 3.50. The molecule has 118 valence electrons. The molecule has 24 heavy (non-hydrogen) atoms. The van der Waals surface area contributed by atoms with E-state index in [4.69, 9.17) is 8.83 Å². The summed E-state index contributed by atoms with van der Waals surface area (Å²) in [5.41, 5.74) is 1.34. The summed E-state index contributed by atoms with van der Waals surface area (Å²) in [7, 11) is 0. The van der Waals surface area contributed by atoms with Crippen LogP contribution >= 0.6 is 0 Å². The van der Waals surface area contributed by atoms with E-state index in [1.165, 1.54) is 0 Å². The second-order valence-electron chi connectivity index (χ2n) is 5.64. The third-order valence-corrected chi connectivity index (χ3v) is 3.98. The molecule has 0 amide bonds. The van der Waals surface area contributed by atoms with Crippen LogP contribution in [0.2, 0.25) is 0 Å². The molecular formula is C20H14O4. The Bertz CT molecular complexity index is 900. The van der Waals surface area contributed by atoms with Gasteiger partial charge in [0.25, 0.3) is 0 Å². The number of benzene rings is 2. The minimum Gasteiger partial charge on any atom is -0.453 e. The van der Waals surface area contributed by atoms with Crippen LogP contribution < -0.4 is 0 Å². The molecule has 2 aromatic heterocycles. The second-order valence-corrected chi connectivity index (χ2v) is 5.64. The van der Waals surface area contributed by atoms with E-state index >= 15 is 0 Å². The fourth-order valence-corrected chi connectivity index (χ4v) is 2.71. The first-order valence-corrected chi connectivity index (χ1v) is 7.74. The van der Waals surface area contributed by atoms with Crippen molar-refractivity contribution in [2.75, 3.05) is 0 Å². The zero-order valence-electron chi connectivity index (χ0n) is 12.8. The Morgan fingerprint density at radius 2 is 1.08 bits per heavy atom. The van der Waals surface area contributed by atoms with Crippen LogP contribution in [0.25, 0.3) is 21.9 Å². The lowest BCUT2D eigenvalue weighted by Crippen LogP contribution is -2.03. The number of fused-ring (bicyclic) bond motifs is 2. The summed E-state index contributed by atoms with van der Waals surface area (Å²) in [4.78, 5) is 24.5. The molecule has 4 heteroatoms. The van der Waals surface area contributed by atoms with Crippen LogP contribution in [0.15, 0.2) is 69.5 Å². The molecule has 4 nitrogen and oxygen atoms in total. The monoisotopic (exact) mass is 318 g/mol. The largest absolute Gasteiger partial charge is 0.453 e. The second kappa shape index (κ2) is 5.81. The van der Waals surface area contributed by atoms with Gasteiger partial charge in [-0.15, -0.1) is 0 Å². The summed E-state index contributed by atoms with van der Waals surface area (Å²) >= 11 is 0. The number of furan rings is 2. The molecule has 4 rings (SSSR count). The summed E-state index contributed by atoms with van der Waals surface area (Å²) in [5.74, 6) is 0.202. The number of hydrogen-bond acceptors (Lipinski definition) is 4. The van der Waals surface area contributed by atoms with Crippen LogP contribution in [0.4, 0.5) is 0 Å². The van der Waals surface area contributed by atoms with Gasteiger partial charge >= 0.3 is 0 Å². The van der Waals surface area contributed by atoms with Gasteiger partial charge in [0.2, 0.25) is 0 Å². The third kappa shape index (κ3) is 2.63. The first-order valence-electron chi connectivity index (χ1n) is 7.74. The van der Waals surface area contributed by atoms with E-state index in [-0.39, 0.29) is 35.9 Å². The molecule has 0 saturated carbocycles. The van der Waals surface area contributed by atoms with Gasteiger partial charge in [0, 0.05) is 23.6 Å². The summed E-state index contributed by atoms with van der Waals surface area (Å²) in [6, 6.07) is 18.3. The number of para-hydroxylation sites is 2. The quantitative estimate of drug-likeness (QED) is 0.484. The van der Waals surface area contributed by atoms with Crippen molar-refractivity contribution in [2.24, 2.45) is 0 Å². The summed E-state index contributed by atoms with van der Waals surface area (Å²) in [6.45, 7) is 0. The van der Waals surface area contributed by atoms with Crippen molar-refractivity contribution in [1.29, 1.82) is 0 Å². The lowest BCUT2D eigenvalue weighted by atomic mass is 10.1. The van der Waals surface area contributed by atoms with Crippen molar-refractivity contribution >= 4 is 33.5 Å². The highest BCUT2D eigenvalue weighted by Gasteiger charge is 2.17. The van der Waals surface area contributed by atoms with Gasteiger partial charge in [-0.25, -0.2) is 0 Å². The topological polar surface area (TPSA) is 60.4 Å². The highest BCUT2D eigenvalue weighted by atomic mass is 16.3. The molecule has 0 fully saturated rings. The standard InChI is InChI=1S/C20H14O4/c21-15(19-11-13-5-1-3-7-17(13)23-19)9-10-16(22)20-12-14-6-2-4-8-18(14)24-20/h1-8,11-12H,9-10H2. The molecule has 0 unspecified atom stereocenters. The number of ketones is 2. The van der Waals surface area contributed by atoms with E-state index in [1.54, 1.807) is 12.1 Å². The molecule has 0 bridgehead atoms. The fraction of sp³-hybridized carbons (Fsp3) is 0.100. The number of carbonyl (C=O) groups is 2. The Morgan fingerprint density at radius 1 is 0.667 bits per heavy atom. The predicted molar refractivity (Wildman–Crippen MR) is 90.3 cm³/mol. The molecular weight excluding hydrogens is 304 g/mol. The van der Waals surface area contributed by atoms with E-state index in [9.17, 15) is 9.59 Å². The molecule has 2 aromatic carbocycles. The highest BCUT2D eigenvalue weighted by molar-refractivity contribution is 6.02. The van der Waals surface area contributed by atoms with Crippen molar-refractivity contribution in [3.05, 3.63) is 72.2 Å². The molecule has 0 spiro atoms. The van der Waals surface area contributed by atoms with Gasteiger partial charge in [0.1, 0.15) is 11.2 Å². The minimum atomic E-state index is -0.185. The maximum absolute atomic E-state index is 12.2. The molecule has 0 saturated heterocycles. The molecule has 2 heterocycles. The van der Waals surface area contributed by atoms with Gasteiger partial charge in [-0.05, 0) is 24.3 Å². The first-order chi connectivity index (χ1) is 11.7. The highest BCUT2D eigenvalue weighted by Crippen LogP contribution is 2.22. The molecule has 0 aliphatic heterocycles. The number of Topliss-reactive ketones (excluding diaryl/α,β-unsaturated/α-hetero) is 2. The summed E-state index contributed by atoms with van der Waals surface area (Å²) in [6.07, 6.45) is 0.186. The molecule has 4 aromatic rings. The average molecular weight is 318 g/mol. The smallest absolute Gasteiger partial charge is 0.198 e.